The molecule has 0 aliphatic carbocycles. The number of hydrogen-bond donors (Lipinski definition) is 0. The van der Waals surface area contributed by atoms with Crippen molar-refractivity contribution in [2.24, 2.45) is 0 Å². The number of rotatable bonds is 5. The van der Waals surface area contributed by atoms with Crippen molar-refractivity contribution >= 4 is 17.4 Å². The van der Waals surface area contributed by atoms with Gasteiger partial charge in [0.15, 0.2) is 5.65 Å². The first kappa shape index (κ1) is 15.6. The van der Waals surface area contributed by atoms with Crippen LogP contribution in [0.3, 0.4) is 0 Å². The van der Waals surface area contributed by atoms with Gasteiger partial charge >= 0.3 is 0 Å². The second-order valence-electron chi connectivity index (χ2n) is 5.31. The van der Waals surface area contributed by atoms with Gasteiger partial charge in [-0.3, -0.25) is 4.98 Å². The van der Waals surface area contributed by atoms with E-state index < -0.39 is 0 Å². The molecule has 1 aromatic carbocycles. The summed E-state index contributed by atoms with van der Waals surface area (Å²) in [5, 5.41) is 13.9. The lowest BCUT2D eigenvalue weighted by Crippen LogP contribution is -1.97. The molecule has 0 aliphatic heterocycles. The Morgan fingerprint density at radius 1 is 1.04 bits per heavy atom. The van der Waals surface area contributed by atoms with Gasteiger partial charge in [0.05, 0.1) is 18.5 Å². The van der Waals surface area contributed by atoms with E-state index in [1.165, 1.54) is 0 Å². The van der Waals surface area contributed by atoms with E-state index in [0.29, 0.717) is 5.75 Å². The van der Waals surface area contributed by atoms with E-state index >= 15 is 0 Å². The van der Waals surface area contributed by atoms with Gasteiger partial charge in [0.25, 0.3) is 0 Å². The van der Waals surface area contributed by atoms with Crippen LogP contribution >= 0.6 is 11.8 Å². The van der Waals surface area contributed by atoms with Gasteiger partial charge in [0.2, 0.25) is 5.16 Å². The van der Waals surface area contributed by atoms with Crippen molar-refractivity contribution in [1.82, 2.24) is 24.8 Å². The smallest absolute Gasteiger partial charge is 0.212 e. The number of fused-ring (bicyclic) bond motifs is 1. The van der Waals surface area contributed by atoms with Crippen LogP contribution in [0.1, 0.15) is 5.69 Å². The van der Waals surface area contributed by atoms with Crippen molar-refractivity contribution in [3.05, 3.63) is 66.5 Å². The third kappa shape index (κ3) is 3.32. The third-order valence-electron chi connectivity index (χ3n) is 3.68. The Hall–Kier alpha value is -2.93. The molecule has 0 spiro atoms. The number of benzene rings is 1. The topological polar surface area (TPSA) is 65.2 Å². The van der Waals surface area contributed by atoms with Crippen molar-refractivity contribution in [1.29, 1.82) is 0 Å². The molecule has 7 heteroatoms. The van der Waals surface area contributed by atoms with E-state index in [9.17, 15) is 0 Å². The highest BCUT2D eigenvalue weighted by molar-refractivity contribution is 7.98. The molecule has 0 N–H and O–H groups in total. The van der Waals surface area contributed by atoms with E-state index in [4.69, 9.17) is 4.74 Å². The van der Waals surface area contributed by atoms with Crippen LogP contribution < -0.4 is 4.74 Å². The number of methoxy groups -OCH3 is 1. The standard InChI is InChI=1S/C18H15N5OS/c1-24-15-7-4-5-13(11-15)16-8-9-17-20-21-18(23(17)22-16)25-12-14-6-2-3-10-19-14/h2-11H,12H2,1H3. The zero-order valence-corrected chi connectivity index (χ0v) is 14.3. The molecular weight excluding hydrogens is 334 g/mol. The highest BCUT2D eigenvalue weighted by atomic mass is 32.2. The molecule has 0 bridgehead atoms. The Bertz CT molecular complexity index is 1000. The Kier molecular flexibility index (Phi) is 4.30. The molecule has 6 nitrogen and oxygen atoms in total. The highest BCUT2D eigenvalue weighted by Gasteiger charge is 2.10. The zero-order chi connectivity index (χ0) is 17.1. The fourth-order valence-corrected chi connectivity index (χ4v) is 3.22. The van der Waals surface area contributed by atoms with Crippen molar-refractivity contribution in [2.45, 2.75) is 10.9 Å². The van der Waals surface area contributed by atoms with E-state index in [1.807, 2.05) is 54.6 Å². The quantitative estimate of drug-likeness (QED) is 0.514. The second kappa shape index (κ2) is 6.90. The summed E-state index contributed by atoms with van der Waals surface area (Å²) in [5.74, 6) is 1.51. The maximum Gasteiger partial charge on any atom is 0.212 e. The number of thioether (sulfide) groups is 1. The predicted molar refractivity (Wildman–Crippen MR) is 96.6 cm³/mol. The average Bonchev–Trinajstić information content (AvgIpc) is 3.09. The van der Waals surface area contributed by atoms with Crippen molar-refractivity contribution in [3.8, 4) is 17.0 Å². The van der Waals surface area contributed by atoms with Crippen LogP contribution in [0, 0.1) is 0 Å². The molecule has 25 heavy (non-hydrogen) atoms. The minimum atomic E-state index is 0.715. The van der Waals surface area contributed by atoms with Crippen LogP contribution in [0.5, 0.6) is 5.75 Å². The molecule has 3 heterocycles. The Balaban J connectivity index is 1.65. The Morgan fingerprint density at radius 3 is 2.84 bits per heavy atom. The first-order valence-corrected chi connectivity index (χ1v) is 8.71. The van der Waals surface area contributed by atoms with Crippen molar-refractivity contribution < 1.29 is 4.74 Å². The lowest BCUT2D eigenvalue weighted by atomic mass is 10.1. The van der Waals surface area contributed by atoms with Crippen LogP contribution in [0.2, 0.25) is 0 Å². The molecule has 3 aromatic heterocycles. The summed E-state index contributed by atoms with van der Waals surface area (Å²) in [7, 11) is 1.65. The van der Waals surface area contributed by atoms with E-state index in [-0.39, 0.29) is 0 Å². The van der Waals surface area contributed by atoms with Crippen LogP contribution in [0.25, 0.3) is 16.9 Å². The Labute approximate surface area is 148 Å². The van der Waals surface area contributed by atoms with Gasteiger partial charge in [0.1, 0.15) is 5.75 Å². The fraction of sp³-hybridized carbons (Fsp3) is 0.111. The van der Waals surface area contributed by atoms with Crippen LogP contribution in [-0.2, 0) is 5.75 Å². The molecule has 0 saturated heterocycles. The van der Waals surface area contributed by atoms with Crippen LogP contribution in [0.15, 0.2) is 66.0 Å². The number of ether oxygens (including phenoxy) is 1. The molecule has 0 aliphatic rings. The van der Waals surface area contributed by atoms with Gasteiger partial charge in [-0.15, -0.1) is 10.2 Å². The van der Waals surface area contributed by atoms with E-state index in [0.717, 1.165) is 33.5 Å². The summed E-state index contributed by atoms with van der Waals surface area (Å²) in [6, 6.07) is 17.5. The monoisotopic (exact) mass is 349 g/mol. The summed E-state index contributed by atoms with van der Waals surface area (Å²) < 4.78 is 7.06. The number of pyridine rings is 1. The minimum Gasteiger partial charge on any atom is -0.497 e. The summed E-state index contributed by atoms with van der Waals surface area (Å²) in [6.45, 7) is 0. The van der Waals surface area contributed by atoms with Gasteiger partial charge in [-0.05, 0) is 36.4 Å². The zero-order valence-electron chi connectivity index (χ0n) is 13.5. The molecule has 0 fully saturated rings. The molecular formula is C18H15N5OS. The summed E-state index contributed by atoms with van der Waals surface area (Å²) >= 11 is 1.56. The number of nitrogens with zero attached hydrogens (tertiary/aromatic N) is 5. The molecule has 124 valence electrons. The SMILES string of the molecule is COc1cccc(-c2ccc3nnc(SCc4ccccn4)n3n2)c1. The number of aromatic nitrogens is 5. The third-order valence-corrected chi connectivity index (χ3v) is 4.63. The summed E-state index contributed by atoms with van der Waals surface area (Å²) in [6.07, 6.45) is 1.79. The second-order valence-corrected chi connectivity index (χ2v) is 6.26. The molecule has 4 aromatic rings. The largest absolute Gasteiger partial charge is 0.497 e. The van der Waals surface area contributed by atoms with Gasteiger partial charge in [-0.1, -0.05) is 30.0 Å². The lowest BCUT2D eigenvalue weighted by molar-refractivity contribution is 0.415. The molecule has 0 unspecified atom stereocenters. The van der Waals surface area contributed by atoms with Gasteiger partial charge < -0.3 is 4.74 Å². The van der Waals surface area contributed by atoms with E-state index in [2.05, 4.69) is 20.3 Å². The fourth-order valence-electron chi connectivity index (χ4n) is 2.42. The predicted octanol–water partition coefficient (Wildman–Crippen LogP) is 3.49. The summed E-state index contributed by atoms with van der Waals surface area (Å²) in [4.78, 5) is 4.33. The van der Waals surface area contributed by atoms with Crippen LogP contribution in [0.4, 0.5) is 0 Å². The summed E-state index contributed by atoms with van der Waals surface area (Å²) in [5.41, 5.74) is 3.53. The maximum absolute atomic E-state index is 5.29. The van der Waals surface area contributed by atoms with Gasteiger partial charge in [0, 0.05) is 17.5 Å². The number of hydrogen-bond acceptors (Lipinski definition) is 6. The maximum atomic E-state index is 5.29. The lowest BCUT2D eigenvalue weighted by Gasteiger charge is -2.05. The van der Waals surface area contributed by atoms with Gasteiger partial charge in [-0.2, -0.15) is 9.61 Å². The van der Waals surface area contributed by atoms with Gasteiger partial charge in [-0.25, -0.2) is 0 Å². The molecule has 0 radical (unpaired) electrons. The molecule has 0 saturated carbocycles. The normalized spacial score (nSPS) is 10.9. The molecule has 4 rings (SSSR count). The first-order valence-electron chi connectivity index (χ1n) is 7.73. The molecule has 0 atom stereocenters. The molecule has 0 amide bonds. The first-order chi connectivity index (χ1) is 12.3. The Morgan fingerprint density at radius 2 is 2.00 bits per heavy atom. The van der Waals surface area contributed by atoms with Crippen LogP contribution in [-0.4, -0.2) is 31.9 Å². The van der Waals surface area contributed by atoms with E-state index in [1.54, 1.807) is 29.6 Å². The van der Waals surface area contributed by atoms with Crippen molar-refractivity contribution in [2.75, 3.05) is 7.11 Å². The minimum absolute atomic E-state index is 0.715. The highest BCUT2D eigenvalue weighted by Crippen LogP contribution is 2.24. The average molecular weight is 349 g/mol. The van der Waals surface area contributed by atoms with Crippen molar-refractivity contribution in [3.63, 3.8) is 0 Å².